The first-order valence-electron chi connectivity index (χ1n) is 6.55. The summed E-state index contributed by atoms with van der Waals surface area (Å²) in [5.41, 5.74) is -0.967. The van der Waals surface area contributed by atoms with Crippen LogP contribution in [0.5, 0.6) is 0 Å². The Morgan fingerprint density at radius 1 is 0.905 bits per heavy atom. The molecule has 0 saturated heterocycles. The highest BCUT2D eigenvalue weighted by Crippen LogP contribution is 2.38. The van der Waals surface area contributed by atoms with Crippen molar-refractivity contribution < 1.29 is 18.0 Å². The van der Waals surface area contributed by atoms with Gasteiger partial charge in [-0.05, 0) is 12.5 Å². The summed E-state index contributed by atoms with van der Waals surface area (Å²) in [6.45, 7) is 1.35. The number of carbonyl (C=O) groups excluding carboxylic acids is 1. The predicted octanol–water partition coefficient (Wildman–Crippen LogP) is 4.78. The van der Waals surface area contributed by atoms with Crippen LogP contribution >= 0.6 is 0 Å². The van der Waals surface area contributed by atoms with Gasteiger partial charge >= 0.3 is 6.18 Å². The highest BCUT2D eigenvalue weighted by atomic mass is 19.4. The lowest BCUT2D eigenvalue weighted by Gasteiger charge is -2.29. The van der Waals surface area contributed by atoms with E-state index in [1.807, 2.05) is 0 Å². The third-order valence-corrected chi connectivity index (χ3v) is 3.50. The van der Waals surface area contributed by atoms with Crippen LogP contribution in [0, 0.1) is 0 Å². The number of halogens is 3. The molecule has 1 atom stereocenters. The monoisotopic (exact) mass is 292 g/mol. The Hall–Kier alpha value is -2.10. The van der Waals surface area contributed by atoms with Crippen LogP contribution in [0.2, 0.25) is 0 Å². The van der Waals surface area contributed by atoms with Crippen molar-refractivity contribution in [3.8, 4) is 0 Å². The Morgan fingerprint density at radius 2 is 1.38 bits per heavy atom. The molecule has 1 unspecified atom stereocenters. The number of alkyl halides is 3. The molecule has 0 amide bonds. The van der Waals surface area contributed by atoms with Gasteiger partial charge in [-0.25, -0.2) is 0 Å². The summed E-state index contributed by atoms with van der Waals surface area (Å²) < 4.78 is 38.9. The van der Waals surface area contributed by atoms with E-state index in [9.17, 15) is 18.0 Å². The average Bonchev–Trinajstić information content (AvgIpc) is 2.46. The number of rotatable bonds is 4. The summed E-state index contributed by atoms with van der Waals surface area (Å²) in [5, 5.41) is 0. The van der Waals surface area contributed by atoms with Gasteiger partial charge in [-0.1, -0.05) is 60.7 Å². The van der Waals surface area contributed by atoms with Crippen LogP contribution in [0.1, 0.15) is 29.3 Å². The highest BCUT2D eigenvalue weighted by Gasteiger charge is 2.45. The molecular weight excluding hydrogens is 277 g/mol. The molecule has 2 aromatic rings. The molecule has 2 rings (SSSR count). The summed E-state index contributed by atoms with van der Waals surface area (Å²) in [6.07, 6.45) is -5.60. The van der Waals surface area contributed by atoms with E-state index in [2.05, 4.69) is 0 Å². The van der Waals surface area contributed by atoms with Crippen LogP contribution in [0.3, 0.4) is 0 Å². The molecule has 1 nitrogen and oxygen atoms in total. The third kappa shape index (κ3) is 3.51. The van der Waals surface area contributed by atoms with E-state index in [0.29, 0.717) is 5.56 Å². The number of carbonyl (C=O) groups is 1. The Morgan fingerprint density at radius 3 is 1.86 bits per heavy atom. The predicted molar refractivity (Wildman–Crippen MR) is 75.2 cm³/mol. The summed E-state index contributed by atoms with van der Waals surface area (Å²) in [7, 11) is 0. The van der Waals surface area contributed by atoms with E-state index in [4.69, 9.17) is 0 Å². The number of Topliss-reactive ketones (excluding diaryl/α,β-unsaturated/α-hetero) is 1. The Labute approximate surface area is 121 Å². The molecule has 110 valence electrons. The molecule has 0 aliphatic carbocycles. The number of hydrogen-bond acceptors (Lipinski definition) is 1. The Bertz CT molecular complexity index is 605. The first-order valence-corrected chi connectivity index (χ1v) is 6.55. The number of benzene rings is 2. The fourth-order valence-corrected chi connectivity index (χ4v) is 2.43. The smallest absolute Gasteiger partial charge is 0.293 e. The first-order chi connectivity index (χ1) is 9.83. The van der Waals surface area contributed by atoms with Gasteiger partial charge in [0, 0.05) is 5.56 Å². The van der Waals surface area contributed by atoms with Crippen molar-refractivity contribution in [1.29, 1.82) is 0 Å². The van der Waals surface area contributed by atoms with Crippen LogP contribution in [0.15, 0.2) is 60.7 Å². The van der Waals surface area contributed by atoms with Gasteiger partial charge in [0.1, 0.15) is 0 Å². The van der Waals surface area contributed by atoms with Crippen LogP contribution < -0.4 is 0 Å². The summed E-state index contributed by atoms with van der Waals surface area (Å²) >= 11 is 0. The van der Waals surface area contributed by atoms with E-state index in [1.165, 1.54) is 6.92 Å². The van der Waals surface area contributed by atoms with E-state index in [1.54, 1.807) is 60.7 Å². The minimum atomic E-state index is -4.42. The van der Waals surface area contributed by atoms with Gasteiger partial charge in [-0.2, -0.15) is 13.2 Å². The van der Waals surface area contributed by atoms with Gasteiger partial charge in [0.05, 0.1) is 11.8 Å². The van der Waals surface area contributed by atoms with Crippen molar-refractivity contribution in [3.63, 3.8) is 0 Å². The van der Waals surface area contributed by atoms with Gasteiger partial charge in [-0.3, -0.25) is 4.79 Å². The lowest BCUT2D eigenvalue weighted by Crippen LogP contribution is -2.37. The lowest BCUT2D eigenvalue weighted by molar-refractivity contribution is -0.143. The molecule has 0 radical (unpaired) electrons. The van der Waals surface area contributed by atoms with Crippen LogP contribution in [-0.2, 0) is 5.41 Å². The van der Waals surface area contributed by atoms with Crippen molar-refractivity contribution in [1.82, 2.24) is 0 Å². The molecule has 0 fully saturated rings. The van der Waals surface area contributed by atoms with E-state index in [0.717, 1.165) is 0 Å². The summed E-state index contributed by atoms with van der Waals surface area (Å²) in [5.74, 6) is -0.522. The van der Waals surface area contributed by atoms with Gasteiger partial charge in [-0.15, -0.1) is 0 Å². The van der Waals surface area contributed by atoms with Crippen LogP contribution in [0.25, 0.3) is 0 Å². The fraction of sp³-hybridized carbons (Fsp3) is 0.235. The molecule has 2 aromatic carbocycles. The van der Waals surface area contributed by atoms with Crippen molar-refractivity contribution in [2.75, 3.05) is 0 Å². The topological polar surface area (TPSA) is 17.1 Å². The maximum absolute atomic E-state index is 13.0. The zero-order chi connectivity index (χ0) is 15.5. The van der Waals surface area contributed by atoms with Crippen molar-refractivity contribution >= 4 is 5.78 Å². The standard InChI is InChI=1S/C17H15F3O/c1-16(12-17(18,19)20,14-10-6-3-7-11-14)15(21)13-8-4-2-5-9-13/h2-11H,12H2,1H3. The normalized spacial score (nSPS) is 14.5. The number of ketones is 1. The van der Waals surface area contributed by atoms with Crippen molar-refractivity contribution in [3.05, 3.63) is 71.8 Å². The molecular formula is C17H15F3O. The highest BCUT2D eigenvalue weighted by molar-refractivity contribution is 6.03. The maximum Gasteiger partial charge on any atom is 0.390 e. The Balaban J connectivity index is 2.49. The van der Waals surface area contributed by atoms with Gasteiger partial charge in [0.2, 0.25) is 0 Å². The second-order valence-electron chi connectivity index (χ2n) is 5.19. The van der Waals surface area contributed by atoms with E-state index < -0.39 is 23.8 Å². The molecule has 0 aliphatic rings. The molecule has 0 spiro atoms. The molecule has 4 heteroatoms. The van der Waals surface area contributed by atoms with E-state index >= 15 is 0 Å². The number of hydrogen-bond donors (Lipinski definition) is 0. The second kappa shape index (κ2) is 5.72. The van der Waals surface area contributed by atoms with Crippen molar-refractivity contribution in [2.45, 2.75) is 24.9 Å². The Kier molecular flexibility index (Phi) is 4.16. The second-order valence-corrected chi connectivity index (χ2v) is 5.19. The molecule has 0 aliphatic heterocycles. The minimum Gasteiger partial charge on any atom is -0.293 e. The molecule has 0 aromatic heterocycles. The quantitative estimate of drug-likeness (QED) is 0.741. The maximum atomic E-state index is 13.0. The van der Waals surface area contributed by atoms with E-state index in [-0.39, 0.29) is 5.56 Å². The van der Waals surface area contributed by atoms with Crippen LogP contribution in [-0.4, -0.2) is 12.0 Å². The van der Waals surface area contributed by atoms with Gasteiger partial charge in [0.15, 0.2) is 5.78 Å². The first kappa shape index (κ1) is 15.3. The largest absolute Gasteiger partial charge is 0.390 e. The minimum absolute atomic E-state index is 0.285. The third-order valence-electron chi connectivity index (χ3n) is 3.50. The average molecular weight is 292 g/mol. The zero-order valence-corrected chi connectivity index (χ0v) is 11.5. The summed E-state index contributed by atoms with van der Waals surface area (Å²) in [6, 6.07) is 16.2. The fourth-order valence-electron chi connectivity index (χ4n) is 2.43. The molecule has 0 bridgehead atoms. The summed E-state index contributed by atoms with van der Waals surface area (Å²) in [4.78, 5) is 12.6. The van der Waals surface area contributed by atoms with Gasteiger partial charge < -0.3 is 0 Å². The SMILES string of the molecule is CC(CC(F)(F)F)(C(=O)c1ccccc1)c1ccccc1. The lowest BCUT2D eigenvalue weighted by atomic mass is 9.73. The molecule has 21 heavy (non-hydrogen) atoms. The zero-order valence-electron chi connectivity index (χ0n) is 11.5. The molecule has 0 heterocycles. The van der Waals surface area contributed by atoms with Crippen molar-refractivity contribution in [2.24, 2.45) is 0 Å². The molecule has 0 N–H and O–H groups in total. The van der Waals surface area contributed by atoms with Crippen LogP contribution in [0.4, 0.5) is 13.2 Å². The molecule has 0 saturated carbocycles. The van der Waals surface area contributed by atoms with Gasteiger partial charge in [0.25, 0.3) is 0 Å².